The molecule has 1 heterocycles. The minimum absolute atomic E-state index is 0.0000246. The number of carbonyl (C=O) groups excluding carboxylic acids is 1. The Hall–Kier alpha value is -1.26. The number of amidine groups is 1. The molecule has 104 valence electrons. The number of piperidine rings is 1. The highest BCUT2D eigenvalue weighted by Gasteiger charge is 2.43. The number of nitrogens with two attached hydrogens (primary N) is 1. The molecule has 1 fully saturated rings. The number of nitrogens with zero attached hydrogens (tertiary/aromatic N) is 2. The van der Waals surface area contributed by atoms with Crippen LogP contribution in [0.25, 0.3) is 0 Å². The lowest BCUT2D eigenvalue weighted by molar-refractivity contribution is -0.144. The quantitative estimate of drug-likeness (QED) is 0.350. The standard InChI is InChI=1S/C13H25N3O2/c1-5-13(4,11(14)15-18)12(17)16-9(2)7-6-8-10(16)3/h9-10,18H,5-8H2,1-4H3,(H2,14,15). The Morgan fingerprint density at radius 2 is 1.94 bits per heavy atom. The molecule has 5 nitrogen and oxygen atoms in total. The summed E-state index contributed by atoms with van der Waals surface area (Å²) in [7, 11) is 0. The smallest absolute Gasteiger partial charge is 0.236 e. The van der Waals surface area contributed by atoms with Crippen molar-refractivity contribution in [2.75, 3.05) is 0 Å². The first-order valence-corrected chi connectivity index (χ1v) is 6.69. The molecule has 1 aliphatic rings. The largest absolute Gasteiger partial charge is 0.409 e. The van der Waals surface area contributed by atoms with Gasteiger partial charge in [0.05, 0.1) is 0 Å². The third-order valence-electron chi connectivity index (χ3n) is 4.28. The van der Waals surface area contributed by atoms with Crippen LogP contribution in [0.4, 0.5) is 0 Å². The summed E-state index contributed by atoms with van der Waals surface area (Å²) < 4.78 is 0. The number of amides is 1. The first-order valence-electron chi connectivity index (χ1n) is 6.69. The fraction of sp³-hybridized carbons (Fsp3) is 0.846. The van der Waals surface area contributed by atoms with Crippen LogP contribution < -0.4 is 5.73 Å². The lowest BCUT2D eigenvalue weighted by atomic mass is 9.82. The average Bonchev–Trinajstić information content (AvgIpc) is 2.36. The molecule has 3 unspecified atom stereocenters. The third-order valence-corrected chi connectivity index (χ3v) is 4.28. The van der Waals surface area contributed by atoms with Crippen molar-refractivity contribution in [2.24, 2.45) is 16.3 Å². The Labute approximate surface area is 109 Å². The van der Waals surface area contributed by atoms with E-state index in [1.165, 1.54) is 0 Å². The number of hydrogen-bond donors (Lipinski definition) is 2. The van der Waals surface area contributed by atoms with Crippen LogP contribution in [-0.4, -0.2) is 33.9 Å². The van der Waals surface area contributed by atoms with Crippen molar-refractivity contribution in [3.8, 4) is 0 Å². The summed E-state index contributed by atoms with van der Waals surface area (Å²) in [4.78, 5) is 14.6. The molecule has 0 bridgehead atoms. The molecule has 0 aromatic heterocycles. The molecule has 0 saturated carbocycles. The number of hydrogen-bond acceptors (Lipinski definition) is 3. The van der Waals surface area contributed by atoms with Gasteiger partial charge in [-0.15, -0.1) is 0 Å². The lowest BCUT2D eigenvalue weighted by Crippen LogP contribution is -2.56. The highest BCUT2D eigenvalue weighted by molar-refractivity contribution is 6.06. The van der Waals surface area contributed by atoms with E-state index in [0.717, 1.165) is 19.3 Å². The Balaban J connectivity index is 3.03. The topological polar surface area (TPSA) is 78.9 Å². The molecule has 5 heteroatoms. The minimum atomic E-state index is -0.908. The second-order valence-corrected chi connectivity index (χ2v) is 5.51. The van der Waals surface area contributed by atoms with Crippen molar-refractivity contribution in [3.05, 3.63) is 0 Å². The maximum atomic E-state index is 12.7. The van der Waals surface area contributed by atoms with Crippen LogP contribution in [0, 0.1) is 5.41 Å². The molecule has 0 aromatic rings. The predicted octanol–water partition coefficient (Wildman–Crippen LogP) is 1.94. The van der Waals surface area contributed by atoms with Gasteiger partial charge in [0.25, 0.3) is 0 Å². The van der Waals surface area contributed by atoms with Crippen molar-refractivity contribution in [1.29, 1.82) is 0 Å². The van der Waals surface area contributed by atoms with E-state index in [2.05, 4.69) is 19.0 Å². The van der Waals surface area contributed by atoms with Gasteiger partial charge >= 0.3 is 0 Å². The summed E-state index contributed by atoms with van der Waals surface area (Å²) in [5.74, 6) is -0.0278. The molecule has 0 radical (unpaired) electrons. The maximum Gasteiger partial charge on any atom is 0.236 e. The number of carbonyl (C=O) groups is 1. The highest BCUT2D eigenvalue weighted by atomic mass is 16.4. The van der Waals surface area contributed by atoms with Crippen LogP contribution >= 0.6 is 0 Å². The van der Waals surface area contributed by atoms with Crippen molar-refractivity contribution in [1.82, 2.24) is 4.90 Å². The lowest BCUT2D eigenvalue weighted by Gasteiger charge is -2.43. The minimum Gasteiger partial charge on any atom is -0.409 e. The normalized spacial score (nSPS) is 28.9. The fourth-order valence-corrected chi connectivity index (χ4v) is 2.66. The van der Waals surface area contributed by atoms with Crippen LogP contribution in [0.1, 0.15) is 53.4 Å². The van der Waals surface area contributed by atoms with Gasteiger partial charge in [-0.3, -0.25) is 4.79 Å². The van der Waals surface area contributed by atoms with Crippen molar-refractivity contribution >= 4 is 11.7 Å². The van der Waals surface area contributed by atoms with Gasteiger partial charge in [0.2, 0.25) is 5.91 Å². The Kier molecular flexibility index (Phi) is 4.59. The van der Waals surface area contributed by atoms with E-state index in [0.29, 0.717) is 6.42 Å². The van der Waals surface area contributed by atoms with Crippen LogP contribution in [0.5, 0.6) is 0 Å². The van der Waals surface area contributed by atoms with Crippen molar-refractivity contribution in [3.63, 3.8) is 0 Å². The first kappa shape index (κ1) is 14.8. The maximum absolute atomic E-state index is 12.7. The number of rotatable bonds is 3. The zero-order chi connectivity index (χ0) is 13.9. The van der Waals surface area contributed by atoms with Gasteiger partial charge in [-0.2, -0.15) is 0 Å². The first-order chi connectivity index (χ1) is 8.38. The van der Waals surface area contributed by atoms with Gasteiger partial charge in [0, 0.05) is 12.1 Å². The molecule has 1 saturated heterocycles. The summed E-state index contributed by atoms with van der Waals surface area (Å²) in [5.41, 5.74) is 4.80. The monoisotopic (exact) mass is 255 g/mol. The molecular formula is C13H25N3O2. The molecule has 1 rings (SSSR count). The van der Waals surface area contributed by atoms with Gasteiger partial charge < -0.3 is 15.8 Å². The molecular weight excluding hydrogens is 230 g/mol. The molecule has 3 atom stereocenters. The van der Waals surface area contributed by atoms with Crippen LogP contribution in [-0.2, 0) is 4.79 Å². The van der Waals surface area contributed by atoms with Gasteiger partial charge in [-0.25, -0.2) is 0 Å². The molecule has 0 spiro atoms. The SMILES string of the molecule is CCC(C)(C(=O)N1C(C)CCCC1C)C(N)=NO. The average molecular weight is 255 g/mol. The molecule has 1 amide bonds. The van der Waals surface area contributed by atoms with Gasteiger partial charge in [-0.1, -0.05) is 12.1 Å². The second kappa shape index (κ2) is 5.59. The highest BCUT2D eigenvalue weighted by Crippen LogP contribution is 2.31. The van der Waals surface area contributed by atoms with E-state index < -0.39 is 5.41 Å². The van der Waals surface area contributed by atoms with Crippen LogP contribution in [0.3, 0.4) is 0 Å². The van der Waals surface area contributed by atoms with E-state index in [1.807, 2.05) is 11.8 Å². The van der Waals surface area contributed by atoms with E-state index in [-0.39, 0.29) is 23.8 Å². The van der Waals surface area contributed by atoms with E-state index >= 15 is 0 Å². The second-order valence-electron chi connectivity index (χ2n) is 5.51. The molecule has 0 aliphatic carbocycles. The van der Waals surface area contributed by atoms with Crippen molar-refractivity contribution < 1.29 is 10.0 Å². The van der Waals surface area contributed by atoms with Gasteiger partial charge in [0.15, 0.2) is 5.84 Å². The Morgan fingerprint density at radius 1 is 1.44 bits per heavy atom. The molecule has 18 heavy (non-hydrogen) atoms. The fourth-order valence-electron chi connectivity index (χ4n) is 2.66. The number of likely N-dealkylation sites (tertiary alicyclic amines) is 1. The Morgan fingerprint density at radius 3 is 2.33 bits per heavy atom. The van der Waals surface area contributed by atoms with Crippen LogP contribution in [0.2, 0.25) is 0 Å². The summed E-state index contributed by atoms with van der Waals surface area (Å²) in [5, 5.41) is 11.9. The molecule has 0 aromatic carbocycles. The van der Waals surface area contributed by atoms with E-state index in [4.69, 9.17) is 10.9 Å². The Bertz CT molecular complexity index is 333. The van der Waals surface area contributed by atoms with Gasteiger partial charge in [0.1, 0.15) is 5.41 Å². The molecule has 3 N–H and O–H groups in total. The zero-order valence-corrected chi connectivity index (χ0v) is 11.8. The zero-order valence-electron chi connectivity index (χ0n) is 11.8. The third kappa shape index (κ3) is 2.44. The predicted molar refractivity (Wildman–Crippen MR) is 71.4 cm³/mol. The summed E-state index contributed by atoms with van der Waals surface area (Å²) in [6, 6.07) is 0.442. The van der Waals surface area contributed by atoms with E-state index in [1.54, 1.807) is 6.92 Å². The van der Waals surface area contributed by atoms with Crippen molar-refractivity contribution in [2.45, 2.75) is 65.5 Å². The van der Waals surface area contributed by atoms with Gasteiger partial charge in [-0.05, 0) is 46.5 Å². The summed E-state index contributed by atoms with van der Waals surface area (Å²) >= 11 is 0. The summed E-state index contributed by atoms with van der Waals surface area (Å²) in [6.45, 7) is 7.76. The van der Waals surface area contributed by atoms with E-state index in [9.17, 15) is 4.79 Å². The molecule has 1 aliphatic heterocycles. The summed E-state index contributed by atoms with van der Waals surface area (Å²) in [6.07, 6.45) is 3.72. The van der Waals surface area contributed by atoms with Crippen LogP contribution in [0.15, 0.2) is 5.16 Å². The number of oxime groups is 1.